The van der Waals surface area contributed by atoms with Crippen molar-refractivity contribution in [3.63, 3.8) is 0 Å². The maximum atomic E-state index is 12.7. The summed E-state index contributed by atoms with van der Waals surface area (Å²) >= 11 is 4.98. The first-order valence-corrected chi connectivity index (χ1v) is 10.4. The highest BCUT2D eigenvalue weighted by Crippen LogP contribution is 2.33. The van der Waals surface area contributed by atoms with Gasteiger partial charge in [0.05, 0.1) is 17.1 Å². The van der Waals surface area contributed by atoms with E-state index in [1.807, 2.05) is 18.2 Å². The number of halogens is 1. The van der Waals surface area contributed by atoms with E-state index in [1.54, 1.807) is 16.2 Å². The average Bonchev–Trinajstić information content (AvgIpc) is 3.37. The summed E-state index contributed by atoms with van der Waals surface area (Å²) in [6, 6.07) is 5.74. The van der Waals surface area contributed by atoms with Crippen LogP contribution in [0.15, 0.2) is 22.7 Å². The number of thiazole rings is 1. The lowest BCUT2D eigenvalue weighted by Crippen LogP contribution is -2.28. The van der Waals surface area contributed by atoms with Gasteiger partial charge in [-0.15, -0.1) is 11.3 Å². The van der Waals surface area contributed by atoms with Crippen LogP contribution >= 0.6 is 27.3 Å². The maximum Gasteiger partial charge on any atom is 0.231 e. The Labute approximate surface area is 167 Å². The largest absolute Gasteiger partial charge is 0.302 e. The summed E-state index contributed by atoms with van der Waals surface area (Å²) in [6.07, 6.45) is 3.35. The third-order valence-electron chi connectivity index (χ3n) is 5.08. The van der Waals surface area contributed by atoms with Gasteiger partial charge < -0.3 is 5.32 Å². The van der Waals surface area contributed by atoms with E-state index in [1.165, 1.54) is 4.88 Å². The predicted octanol–water partition coefficient (Wildman–Crippen LogP) is 3.26. The molecule has 27 heavy (non-hydrogen) atoms. The molecule has 3 aromatic rings. The van der Waals surface area contributed by atoms with Crippen LogP contribution < -0.4 is 10.2 Å². The molecule has 1 aliphatic carbocycles. The Bertz CT molecular complexity index is 1050. The zero-order chi connectivity index (χ0) is 18.5. The Morgan fingerprint density at radius 2 is 2.26 bits per heavy atom. The van der Waals surface area contributed by atoms with E-state index in [9.17, 15) is 9.59 Å². The van der Waals surface area contributed by atoms with Crippen molar-refractivity contribution in [2.75, 3.05) is 16.8 Å². The van der Waals surface area contributed by atoms with Crippen LogP contribution in [0.4, 0.5) is 10.9 Å². The fourth-order valence-corrected chi connectivity index (χ4v) is 5.14. The van der Waals surface area contributed by atoms with Crippen LogP contribution in [0.5, 0.6) is 0 Å². The van der Waals surface area contributed by atoms with E-state index in [-0.39, 0.29) is 18.2 Å². The van der Waals surface area contributed by atoms with Crippen LogP contribution in [0.25, 0.3) is 10.9 Å². The third-order valence-corrected chi connectivity index (χ3v) is 6.65. The van der Waals surface area contributed by atoms with Gasteiger partial charge in [0.2, 0.25) is 11.8 Å². The molecule has 2 aliphatic rings. The lowest BCUT2D eigenvalue weighted by Gasteiger charge is -2.14. The van der Waals surface area contributed by atoms with Crippen molar-refractivity contribution in [2.45, 2.75) is 25.7 Å². The van der Waals surface area contributed by atoms with Crippen molar-refractivity contribution in [2.24, 2.45) is 5.92 Å². The number of carbonyl (C=O) groups excluding carboxylic acids is 2. The Morgan fingerprint density at radius 3 is 3.11 bits per heavy atom. The number of aromatic nitrogens is 3. The molecule has 0 spiro atoms. The number of nitrogens with zero attached hydrogens (tertiary/aromatic N) is 3. The molecule has 138 valence electrons. The maximum absolute atomic E-state index is 12.7. The highest BCUT2D eigenvalue weighted by molar-refractivity contribution is 9.10. The van der Waals surface area contributed by atoms with E-state index in [4.69, 9.17) is 0 Å². The molecule has 2 aromatic heterocycles. The number of H-pyrrole nitrogens is 1. The normalized spacial score (nSPS) is 19.1. The monoisotopic (exact) mass is 445 g/mol. The number of hydrogen-bond acceptors (Lipinski definition) is 5. The van der Waals surface area contributed by atoms with Crippen molar-refractivity contribution in [3.05, 3.63) is 33.2 Å². The number of hydrogen-bond donors (Lipinski definition) is 2. The minimum absolute atomic E-state index is 0.0897. The van der Waals surface area contributed by atoms with Crippen molar-refractivity contribution >= 4 is 60.9 Å². The second-order valence-electron chi connectivity index (χ2n) is 6.87. The fraction of sp³-hybridized carbons (Fsp3) is 0.333. The van der Waals surface area contributed by atoms with Gasteiger partial charge >= 0.3 is 0 Å². The number of rotatable bonds is 3. The summed E-state index contributed by atoms with van der Waals surface area (Å²) in [4.78, 5) is 32.6. The molecule has 1 aliphatic heterocycles. The molecule has 3 heterocycles. The van der Waals surface area contributed by atoms with Gasteiger partial charge in [0, 0.05) is 27.7 Å². The van der Waals surface area contributed by atoms with Gasteiger partial charge in [0.25, 0.3) is 0 Å². The molecule has 2 amide bonds. The minimum atomic E-state index is -0.404. The smallest absolute Gasteiger partial charge is 0.231 e. The number of anilines is 2. The Morgan fingerprint density at radius 1 is 1.37 bits per heavy atom. The summed E-state index contributed by atoms with van der Waals surface area (Å²) < 4.78 is 0.936. The highest BCUT2D eigenvalue weighted by atomic mass is 79.9. The third kappa shape index (κ3) is 2.94. The standard InChI is InChI=1S/C18H16BrN5O2S/c19-10-4-5-11-13(7-10)22-23-16(11)24-8-9(6-15(24)25)17(26)21-18-20-12-2-1-3-14(12)27-18/h4-5,7,9H,1-3,6,8H2,(H,22,23)(H,20,21,26). The SMILES string of the molecule is O=C(Nc1nc2c(s1)CCC2)C1CC(=O)N(c2n[nH]c3cc(Br)ccc23)C1. The molecule has 1 unspecified atom stereocenters. The molecule has 5 rings (SSSR count). The molecule has 1 fully saturated rings. The molecule has 0 saturated carbocycles. The van der Waals surface area contributed by atoms with Gasteiger partial charge in [-0.3, -0.25) is 19.6 Å². The number of aromatic amines is 1. The molecular weight excluding hydrogens is 430 g/mol. The fourth-order valence-electron chi connectivity index (χ4n) is 3.72. The highest BCUT2D eigenvalue weighted by Gasteiger charge is 2.37. The lowest BCUT2D eigenvalue weighted by molar-refractivity contribution is -0.122. The van der Waals surface area contributed by atoms with Gasteiger partial charge in [-0.2, -0.15) is 5.10 Å². The van der Waals surface area contributed by atoms with Crippen molar-refractivity contribution in [1.29, 1.82) is 0 Å². The first-order valence-electron chi connectivity index (χ1n) is 8.82. The minimum Gasteiger partial charge on any atom is -0.302 e. The first kappa shape index (κ1) is 16.9. The van der Waals surface area contributed by atoms with Crippen molar-refractivity contribution in [3.8, 4) is 0 Å². The average molecular weight is 446 g/mol. The number of fused-ring (bicyclic) bond motifs is 2. The van der Waals surface area contributed by atoms with Crippen LogP contribution in [-0.2, 0) is 22.4 Å². The van der Waals surface area contributed by atoms with E-state index in [0.29, 0.717) is 17.5 Å². The molecule has 1 atom stereocenters. The summed E-state index contributed by atoms with van der Waals surface area (Å²) in [6.45, 7) is 0.325. The van der Waals surface area contributed by atoms with Gasteiger partial charge in [-0.1, -0.05) is 15.9 Å². The molecule has 2 N–H and O–H groups in total. The summed E-state index contributed by atoms with van der Waals surface area (Å²) in [7, 11) is 0. The van der Waals surface area contributed by atoms with E-state index in [0.717, 1.165) is 40.3 Å². The van der Waals surface area contributed by atoms with Gasteiger partial charge in [-0.25, -0.2) is 4.98 Å². The number of nitrogens with one attached hydrogen (secondary N) is 2. The van der Waals surface area contributed by atoms with Crippen LogP contribution in [0.1, 0.15) is 23.4 Å². The topological polar surface area (TPSA) is 91.0 Å². The van der Waals surface area contributed by atoms with Crippen molar-refractivity contribution < 1.29 is 9.59 Å². The first-order chi connectivity index (χ1) is 13.1. The van der Waals surface area contributed by atoms with Gasteiger partial charge in [0.15, 0.2) is 10.9 Å². The molecule has 0 radical (unpaired) electrons. The van der Waals surface area contributed by atoms with Crippen LogP contribution in [0, 0.1) is 5.92 Å². The number of aryl methyl sites for hydroxylation is 2. The Hall–Kier alpha value is -2.26. The molecule has 7 nitrogen and oxygen atoms in total. The van der Waals surface area contributed by atoms with E-state index >= 15 is 0 Å². The van der Waals surface area contributed by atoms with Gasteiger partial charge in [0.1, 0.15) is 0 Å². The number of carbonyl (C=O) groups is 2. The van der Waals surface area contributed by atoms with Crippen LogP contribution in [0.3, 0.4) is 0 Å². The second kappa shape index (κ2) is 6.42. The second-order valence-corrected chi connectivity index (χ2v) is 8.87. The lowest BCUT2D eigenvalue weighted by atomic mass is 10.1. The molecule has 0 bridgehead atoms. The number of benzene rings is 1. The Kier molecular flexibility index (Phi) is 4.01. The molecule has 1 saturated heterocycles. The Balaban J connectivity index is 1.34. The van der Waals surface area contributed by atoms with Gasteiger partial charge in [-0.05, 0) is 37.5 Å². The van der Waals surface area contributed by atoms with Crippen LogP contribution in [0.2, 0.25) is 0 Å². The zero-order valence-corrected chi connectivity index (χ0v) is 16.7. The molecule has 9 heteroatoms. The quantitative estimate of drug-likeness (QED) is 0.646. The number of amides is 2. The summed E-state index contributed by atoms with van der Waals surface area (Å²) in [5, 5.41) is 11.7. The van der Waals surface area contributed by atoms with E-state index < -0.39 is 5.92 Å². The predicted molar refractivity (Wildman–Crippen MR) is 107 cm³/mol. The van der Waals surface area contributed by atoms with Crippen molar-refractivity contribution in [1.82, 2.24) is 15.2 Å². The molecule has 1 aromatic carbocycles. The van der Waals surface area contributed by atoms with E-state index in [2.05, 4.69) is 36.4 Å². The summed E-state index contributed by atoms with van der Waals surface area (Å²) in [5.74, 6) is -0.0709. The molecular formula is C18H16BrN5O2S. The zero-order valence-electron chi connectivity index (χ0n) is 14.3. The summed E-state index contributed by atoms with van der Waals surface area (Å²) in [5.41, 5.74) is 1.95. The van der Waals surface area contributed by atoms with Crippen LogP contribution in [-0.4, -0.2) is 33.5 Å².